The predicted molar refractivity (Wildman–Crippen MR) is 143 cm³/mol. The lowest BCUT2D eigenvalue weighted by molar-refractivity contribution is -0.137. The van der Waals surface area contributed by atoms with Crippen LogP contribution in [0.3, 0.4) is 0 Å². The van der Waals surface area contributed by atoms with Crippen LogP contribution in [-0.2, 0) is 16.2 Å². The molecule has 2 unspecified atom stereocenters. The van der Waals surface area contributed by atoms with E-state index in [0.29, 0.717) is 13.1 Å². The predicted octanol–water partition coefficient (Wildman–Crippen LogP) is 3.66. The highest BCUT2D eigenvalue weighted by molar-refractivity contribution is 7.89. The van der Waals surface area contributed by atoms with Crippen LogP contribution in [0.4, 0.5) is 18.9 Å². The molecule has 2 fully saturated rings. The first-order valence-electron chi connectivity index (χ1n) is 13.3. The van der Waals surface area contributed by atoms with Gasteiger partial charge in [-0.15, -0.1) is 0 Å². The van der Waals surface area contributed by atoms with Crippen LogP contribution in [0.15, 0.2) is 58.6 Å². The third-order valence-electron chi connectivity index (χ3n) is 8.04. The van der Waals surface area contributed by atoms with Gasteiger partial charge in [0, 0.05) is 37.1 Å². The first-order chi connectivity index (χ1) is 19.5. The largest absolute Gasteiger partial charge is 0.416 e. The maximum atomic E-state index is 14.1. The van der Waals surface area contributed by atoms with Gasteiger partial charge in [0.25, 0.3) is 0 Å². The number of alkyl halides is 3. The van der Waals surface area contributed by atoms with Crippen molar-refractivity contribution >= 4 is 15.7 Å². The molecule has 2 N–H and O–H groups in total. The van der Waals surface area contributed by atoms with Gasteiger partial charge < -0.3 is 10.0 Å². The number of aliphatic hydroxyl groups excluding tert-OH is 1. The Labute approximate surface area is 236 Å². The highest BCUT2D eigenvalue weighted by atomic mass is 32.2. The van der Waals surface area contributed by atoms with Gasteiger partial charge in [0.05, 0.1) is 39.8 Å². The second-order valence-corrected chi connectivity index (χ2v) is 12.3. The van der Waals surface area contributed by atoms with Crippen LogP contribution in [0, 0.1) is 22.7 Å². The van der Waals surface area contributed by atoms with E-state index in [4.69, 9.17) is 0 Å². The first-order valence-corrected chi connectivity index (χ1v) is 14.7. The minimum absolute atomic E-state index is 0.00144. The minimum Gasteiger partial charge on any atom is -0.361 e. The van der Waals surface area contributed by atoms with E-state index in [0.717, 1.165) is 42.8 Å². The Hall–Kier alpha value is -3.46. The molecule has 2 aromatic carbocycles. The van der Waals surface area contributed by atoms with Gasteiger partial charge in [-0.3, -0.25) is 10.2 Å². The Morgan fingerprint density at radius 3 is 2.54 bits per heavy atom. The van der Waals surface area contributed by atoms with Crippen molar-refractivity contribution in [1.82, 2.24) is 14.5 Å². The summed E-state index contributed by atoms with van der Waals surface area (Å²) >= 11 is 0. The molecule has 3 heterocycles. The van der Waals surface area contributed by atoms with Gasteiger partial charge in [0.2, 0.25) is 10.0 Å². The number of aliphatic hydroxyl groups is 1. The van der Waals surface area contributed by atoms with Gasteiger partial charge in [-0.05, 0) is 62.2 Å². The number of sulfonamides is 1. The zero-order chi connectivity index (χ0) is 29.5. The molecule has 3 atom stereocenters. The topological polar surface area (TPSA) is 124 Å². The minimum atomic E-state index is -4.61. The number of allylic oxidation sites excluding steroid dienone is 1. The number of piperidine rings is 1. The fourth-order valence-electron chi connectivity index (χ4n) is 5.94. The Morgan fingerprint density at radius 1 is 1.05 bits per heavy atom. The summed E-state index contributed by atoms with van der Waals surface area (Å²) in [5.74, 6) is 0. The monoisotopic (exact) mass is 586 g/mol. The third-order valence-corrected chi connectivity index (χ3v) is 9.96. The third kappa shape index (κ3) is 5.44. The second kappa shape index (κ2) is 11.1. The molecule has 0 aromatic heterocycles. The van der Waals surface area contributed by atoms with Crippen LogP contribution < -0.4 is 10.2 Å². The number of hydrogen-bond acceptors (Lipinski definition) is 8. The summed E-state index contributed by atoms with van der Waals surface area (Å²) in [5, 5.41) is 33.6. The number of nitrogens with one attached hydrogen (secondary N) is 1. The van der Waals surface area contributed by atoms with E-state index < -0.39 is 34.2 Å². The highest BCUT2D eigenvalue weighted by Crippen LogP contribution is 2.39. The van der Waals surface area contributed by atoms with Crippen molar-refractivity contribution in [3.8, 4) is 12.1 Å². The molecule has 0 amide bonds. The van der Waals surface area contributed by atoms with Crippen molar-refractivity contribution in [3.63, 3.8) is 0 Å². The lowest BCUT2D eigenvalue weighted by atomic mass is 9.94. The molecule has 0 aliphatic carbocycles. The van der Waals surface area contributed by atoms with Crippen molar-refractivity contribution in [1.29, 1.82) is 10.5 Å². The van der Waals surface area contributed by atoms with Gasteiger partial charge in [-0.2, -0.15) is 28.0 Å². The maximum Gasteiger partial charge on any atom is 0.416 e. The smallest absolute Gasteiger partial charge is 0.361 e. The average Bonchev–Trinajstić information content (AvgIpc) is 2.96. The van der Waals surface area contributed by atoms with Gasteiger partial charge in [0.1, 0.15) is 0 Å². The number of fused-ring (bicyclic) bond motifs is 1. The summed E-state index contributed by atoms with van der Waals surface area (Å²) in [6, 6.07) is 11.5. The number of benzene rings is 2. The number of rotatable bonds is 4. The summed E-state index contributed by atoms with van der Waals surface area (Å²) < 4.78 is 69.6. The normalized spacial score (nSPS) is 24.5. The lowest BCUT2D eigenvalue weighted by Gasteiger charge is -2.44. The van der Waals surface area contributed by atoms with E-state index in [2.05, 4.69) is 16.3 Å². The molecule has 13 heteroatoms. The number of anilines is 1. The first kappa shape index (κ1) is 29.0. The van der Waals surface area contributed by atoms with Crippen LogP contribution in [0.1, 0.15) is 48.9 Å². The summed E-state index contributed by atoms with van der Waals surface area (Å²) in [5.41, 5.74) is -0.466. The molecule has 2 saturated heterocycles. The molecule has 9 nitrogen and oxygen atoms in total. The fourth-order valence-corrected chi connectivity index (χ4v) is 7.67. The van der Waals surface area contributed by atoms with Gasteiger partial charge in [0.15, 0.2) is 6.35 Å². The van der Waals surface area contributed by atoms with Gasteiger partial charge in [-0.1, -0.05) is 18.6 Å². The van der Waals surface area contributed by atoms with E-state index in [1.165, 1.54) is 41.6 Å². The number of hydrogen-bond donors (Lipinski definition) is 2. The Kier molecular flexibility index (Phi) is 7.85. The highest BCUT2D eigenvalue weighted by Gasteiger charge is 2.40. The Morgan fingerprint density at radius 2 is 1.83 bits per heavy atom. The lowest BCUT2D eigenvalue weighted by Crippen LogP contribution is -2.56. The summed E-state index contributed by atoms with van der Waals surface area (Å²) in [6.07, 6.45) is -3.21. The molecule has 0 radical (unpaired) electrons. The Bertz CT molecular complexity index is 1560. The van der Waals surface area contributed by atoms with E-state index in [1.807, 2.05) is 6.07 Å². The standard InChI is InChI=1S/C28H29F3N6O3S/c1-18-24(16-33)26(34-27(38)37(18)21-7-4-5-20(14-21)28(29,30)31)23-9-8-19(15-32)13-25(23)41(39,40)36-12-11-35-10-3-2-6-22(35)17-36/h4-5,7-9,13-14,22,26-27,34,38H,2-3,6,10-12,17H2,1H3/t22?,26-,27?/m1/s1. The van der Waals surface area contributed by atoms with Crippen LogP contribution in [-0.4, -0.2) is 61.3 Å². The molecule has 216 valence electrons. The Balaban J connectivity index is 1.56. The number of nitriles is 2. The average molecular weight is 587 g/mol. The molecular weight excluding hydrogens is 557 g/mol. The zero-order valence-corrected chi connectivity index (χ0v) is 23.1. The van der Waals surface area contributed by atoms with Crippen molar-refractivity contribution < 1.29 is 26.7 Å². The van der Waals surface area contributed by atoms with E-state index in [9.17, 15) is 37.2 Å². The van der Waals surface area contributed by atoms with Gasteiger partial charge in [-0.25, -0.2) is 8.42 Å². The van der Waals surface area contributed by atoms with Crippen LogP contribution >= 0.6 is 0 Å². The van der Waals surface area contributed by atoms with E-state index in [-0.39, 0.29) is 45.6 Å². The van der Waals surface area contributed by atoms with Crippen molar-refractivity contribution in [2.75, 3.05) is 31.1 Å². The molecule has 5 rings (SSSR count). The molecule has 3 aliphatic rings. The summed E-state index contributed by atoms with van der Waals surface area (Å²) in [6.45, 7) is 3.58. The molecule has 0 bridgehead atoms. The molecule has 41 heavy (non-hydrogen) atoms. The zero-order valence-electron chi connectivity index (χ0n) is 22.3. The second-order valence-electron chi connectivity index (χ2n) is 10.4. The number of halogens is 3. The van der Waals surface area contributed by atoms with Gasteiger partial charge >= 0.3 is 6.18 Å². The number of piperazine rings is 1. The molecule has 3 aliphatic heterocycles. The van der Waals surface area contributed by atoms with Crippen molar-refractivity contribution in [2.24, 2.45) is 0 Å². The maximum absolute atomic E-state index is 14.1. The van der Waals surface area contributed by atoms with E-state index in [1.54, 1.807) is 0 Å². The summed E-state index contributed by atoms with van der Waals surface area (Å²) in [7, 11) is -4.12. The van der Waals surface area contributed by atoms with Crippen molar-refractivity contribution in [2.45, 2.75) is 55.7 Å². The van der Waals surface area contributed by atoms with E-state index >= 15 is 0 Å². The quantitative estimate of drug-likeness (QED) is 0.557. The SMILES string of the molecule is CC1=C(C#N)[C@@H](c2ccc(C#N)cc2S(=O)(=O)N2CCN3CCCCC3C2)NC(O)N1c1cccc(C(F)(F)F)c1. The number of nitrogens with zero attached hydrogens (tertiary/aromatic N) is 5. The fraction of sp³-hybridized carbons (Fsp3) is 0.429. The van der Waals surface area contributed by atoms with Crippen LogP contribution in [0.5, 0.6) is 0 Å². The van der Waals surface area contributed by atoms with Crippen LogP contribution in [0.2, 0.25) is 0 Å². The van der Waals surface area contributed by atoms with Crippen molar-refractivity contribution in [3.05, 3.63) is 70.4 Å². The molecule has 0 spiro atoms. The summed E-state index contributed by atoms with van der Waals surface area (Å²) in [4.78, 5) is 3.30. The van der Waals surface area contributed by atoms with Crippen LogP contribution in [0.25, 0.3) is 0 Å². The molecule has 0 saturated carbocycles. The molecule has 2 aromatic rings. The molecular formula is C28H29F3N6O3S.